The molecule has 1 rings (SSSR count). The maximum Gasteiger partial charge on any atom is 0.234 e. The number of hydrogen-bond acceptors (Lipinski definition) is 3. The van der Waals surface area contributed by atoms with E-state index in [1.807, 2.05) is 20.8 Å². The molecular formula is C15H30N2O2. The molecule has 19 heavy (non-hydrogen) atoms. The van der Waals surface area contributed by atoms with Crippen molar-refractivity contribution in [1.29, 1.82) is 0 Å². The lowest BCUT2D eigenvalue weighted by atomic mass is 9.92. The van der Waals surface area contributed by atoms with Crippen molar-refractivity contribution < 1.29 is 9.53 Å². The van der Waals surface area contributed by atoms with Crippen LogP contribution in [0.1, 0.15) is 46.5 Å². The minimum Gasteiger partial charge on any atom is -0.382 e. The maximum atomic E-state index is 11.7. The molecule has 0 bridgehead atoms. The van der Waals surface area contributed by atoms with Crippen molar-refractivity contribution in [2.75, 3.05) is 32.8 Å². The second kappa shape index (κ2) is 9.32. The summed E-state index contributed by atoms with van der Waals surface area (Å²) in [6.07, 6.45) is 4.89. The number of amides is 1. The molecule has 1 aliphatic heterocycles. The monoisotopic (exact) mass is 270 g/mol. The topological polar surface area (TPSA) is 41.6 Å². The van der Waals surface area contributed by atoms with Gasteiger partial charge in [-0.1, -0.05) is 0 Å². The molecule has 0 aromatic carbocycles. The minimum atomic E-state index is 0.157. The lowest BCUT2D eigenvalue weighted by molar-refractivity contribution is -0.123. The molecule has 1 N–H and O–H groups in total. The van der Waals surface area contributed by atoms with Crippen molar-refractivity contribution in [3.63, 3.8) is 0 Å². The van der Waals surface area contributed by atoms with Crippen LogP contribution in [0, 0.1) is 5.92 Å². The van der Waals surface area contributed by atoms with Gasteiger partial charge in [0.1, 0.15) is 0 Å². The van der Waals surface area contributed by atoms with E-state index in [9.17, 15) is 4.79 Å². The van der Waals surface area contributed by atoms with E-state index in [0.29, 0.717) is 6.54 Å². The van der Waals surface area contributed by atoms with Crippen LogP contribution in [0.15, 0.2) is 0 Å². The normalized spacial score (nSPS) is 17.9. The van der Waals surface area contributed by atoms with Gasteiger partial charge in [0.15, 0.2) is 0 Å². The van der Waals surface area contributed by atoms with Gasteiger partial charge in [-0.15, -0.1) is 0 Å². The van der Waals surface area contributed by atoms with Crippen LogP contribution >= 0.6 is 0 Å². The summed E-state index contributed by atoms with van der Waals surface area (Å²) in [6, 6.07) is 0.239. The number of likely N-dealkylation sites (tertiary alicyclic amines) is 1. The molecule has 0 atom stereocenters. The summed E-state index contributed by atoms with van der Waals surface area (Å²) in [5.74, 6) is 0.981. The molecule has 0 aliphatic carbocycles. The Morgan fingerprint density at radius 2 is 2.05 bits per heavy atom. The number of nitrogens with one attached hydrogen (secondary N) is 1. The highest BCUT2D eigenvalue weighted by Gasteiger charge is 2.20. The maximum absolute atomic E-state index is 11.7. The molecule has 0 spiro atoms. The fourth-order valence-electron chi connectivity index (χ4n) is 2.62. The molecule has 4 nitrogen and oxygen atoms in total. The first kappa shape index (κ1) is 16.4. The summed E-state index contributed by atoms with van der Waals surface area (Å²) >= 11 is 0. The third kappa shape index (κ3) is 7.53. The Bertz CT molecular complexity index is 249. The highest BCUT2D eigenvalue weighted by atomic mass is 16.5. The van der Waals surface area contributed by atoms with Crippen molar-refractivity contribution in [2.24, 2.45) is 5.92 Å². The van der Waals surface area contributed by atoms with Gasteiger partial charge in [0.2, 0.25) is 5.91 Å². The van der Waals surface area contributed by atoms with Crippen molar-refractivity contribution in [2.45, 2.75) is 52.5 Å². The Hall–Kier alpha value is -0.610. The molecule has 0 aromatic rings. The summed E-state index contributed by atoms with van der Waals surface area (Å²) in [7, 11) is 0. The number of hydrogen-bond donors (Lipinski definition) is 1. The van der Waals surface area contributed by atoms with Gasteiger partial charge < -0.3 is 10.1 Å². The van der Waals surface area contributed by atoms with Crippen LogP contribution < -0.4 is 5.32 Å². The minimum absolute atomic E-state index is 0.157. The number of piperidine rings is 1. The van der Waals surface area contributed by atoms with Gasteiger partial charge in [-0.05, 0) is 65.5 Å². The number of carbonyl (C=O) groups is 1. The Morgan fingerprint density at radius 1 is 1.37 bits per heavy atom. The Labute approximate surface area is 117 Å². The zero-order valence-corrected chi connectivity index (χ0v) is 12.8. The van der Waals surface area contributed by atoms with E-state index >= 15 is 0 Å². The predicted molar refractivity (Wildman–Crippen MR) is 78.2 cm³/mol. The molecule has 1 amide bonds. The number of rotatable bonds is 8. The standard InChI is InChI=1S/C15H30N2O2/c1-4-19-11-5-6-14-7-9-17(10-8-14)12-15(18)16-13(2)3/h13-14H,4-12H2,1-3H3,(H,16,18). The SMILES string of the molecule is CCOCCCC1CCN(CC(=O)NC(C)C)CC1. The largest absolute Gasteiger partial charge is 0.382 e. The molecule has 112 valence electrons. The first-order valence-electron chi connectivity index (χ1n) is 7.71. The van der Waals surface area contributed by atoms with Crippen LogP contribution in [0.4, 0.5) is 0 Å². The van der Waals surface area contributed by atoms with Crippen LogP contribution in [0.3, 0.4) is 0 Å². The van der Waals surface area contributed by atoms with Crippen molar-refractivity contribution in [3.8, 4) is 0 Å². The van der Waals surface area contributed by atoms with Crippen LogP contribution in [-0.4, -0.2) is 49.7 Å². The molecule has 0 saturated carbocycles. The van der Waals surface area contributed by atoms with E-state index < -0.39 is 0 Å². The zero-order valence-electron chi connectivity index (χ0n) is 12.8. The van der Waals surface area contributed by atoms with Crippen LogP contribution in [0.5, 0.6) is 0 Å². The number of nitrogens with zero attached hydrogens (tertiary/aromatic N) is 1. The van der Waals surface area contributed by atoms with E-state index in [1.54, 1.807) is 0 Å². The number of carbonyl (C=O) groups excluding carboxylic acids is 1. The Morgan fingerprint density at radius 3 is 2.63 bits per heavy atom. The van der Waals surface area contributed by atoms with Crippen molar-refractivity contribution in [1.82, 2.24) is 10.2 Å². The van der Waals surface area contributed by atoms with E-state index in [4.69, 9.17) is 4.74 Å². The molecule has 0 aromatic heterocycles. The Balaban J connectivity index is 2.09. The summed E-state index contributed by atoms with van der Waals surface area (Å²) in [4.78, 5) is 14.0. The fourth-order valence-corrected chi connectivity index (χ4v) is 2.62. The van der Waals surface area contributed by atoms with Gasteiger partial charge >= 0.3 is 0 Å². The quantitative estimate of drug-likeness (QED) is 0.686. The third-order valence-electron chi connectivity index (χ3n) is 3.63. The summed E-state index contributed by atoms with van der Waals surface area (Å²) in [5.41, 5.74) is 0. The lowest BCUT2D eigenvalue weighted by Crippen LogP contribution is -2.43. The van der Waals surface area contributed by atoms with E-state index in [-0.39, 0.29) is 11.9 Å². The zero-order chi connectivity index (χ0) is 14.1. The van der Waals surface area contributed by atoms with E-state index in [2.05, 4.69) is 10.2 Å². The van der Waals surface area contributed by atoms with E-state index in [0.717, 1.165) is 32.2 Å². The van der Waals surface area contributed by atoms with Crippen LogP contribution in [0.2, 0.25) is 0 Å². The highest BCUT2D eigenvalue weighted by Crippen LogP contribution is 2.21. The summed E-state index contributed by atoms with van der Waals surface area (Å²) in [5, 5.41) is 2.95. The predicted octanol–water partition coefficient (Wildman–Crippen LogP) is 2.04. The first-order valence-corrected chi connectivity index (χ1v) is 7.71. The van der Waals surface area contributed by atoms with Crippen molar-refractivity contribution in [3.05, 3.63) is 0 Å². The fraction of sp³-hybridized carbons (Fsp3) is 0.933. The molecule has 1 aliphatic rings. The van der Waals surface area contributed by atoms with Crippen molar-refractivity contribution >= 4 is 5.91 Å². The molecule has 1 heterocycles. The molecule has 4 heteroatoms. The van der Waals surface area contributed by atoms with Gasteiger partial charge in [0.25, 0.3) is 0 Å². The van der Waals surface area contributed by atoms with Gasteiger partial charge in [-0.25, -0.2) is 0 Å². The lowest BCUT2D eigenvalue weighted by Gasteiger charge is -2.31. The number of ether oxygens (including phenoxy) is 1. The average Bonchev–Trinajstić information content (AvgIpc) is 2.35. The van der Waals surface area contributed by atoms with Gasteiger partial charge in [0.05, 0.1) is 6.54 Å². The third-order valence-corrected chi connectivity index (χ3v) is 3.63. The molecule has 0 radical (unpaired) electrons. The Kier molecular flexibility index (Phi) is 8.07. The van der Waals surface area contributed by atoms with Crippen LogP contribution in [0.25, 0.3) is 0 Å². The van der Waals surface area contributed by atoms with Gasteiger partial charge in [-0.3, -0.25) is 9.69 Å². The van der Waals surface area contributed by atoms with E-state index in [1.165, 1.54) is 25.7 Å². The smallest absolute Gasteiger partial charge is 0.234 e. The van der Waals surface area contributed by atoms with Gasteiger partial charge in [-0.2, -0.15) is 0 Å². The molecule has 1 fully saturated rings. The first-order chi connectivity index (χ1) is 9.11. The molecule has 0 unspecified atom stereocenters. The molecule has 1 saturated heterocycles. The second-order valence-corrected chi connectivity index (χ2v) is 5.78. The van der Waals surface area contributed by atoms with Gasteiger partial charge in [0, 0.05) is 19.3 Å². The average molecular weight is 270 g/mol. The second-order valence-electron chi connectivity index (χ2n) is 5.78. The highest BCUT2D eigenvalue weighted by molar-refractivity contribution is 5.78. The summed E-state index contributed by atoms with van der Waals surface area (Å²) in [6.45, 7) is 10.4. The molecular weight excluding hydrogens is 240 g/mol. The van der Waals surface area contributed by atoms with Crippen LogP contribution in [-0.2, 0) is 9.53 Å². The summed E-state index contributed by atoms with van der Waals surface area (Å²) < 4.78 is 5.37.